The second kappa shape index (κ2) is 16.8. The number of hydrogen-bond acceptors (Lipinski definition) is 8. The largest absolute Gasteiger partial charge is 0.489 e. The Kier molecular flexibility index (Phi) is 10.7. The first-order valence-corrected chi connectivity index (χ1v) is 26.3. The number of rotatable bonds is 4. The minimum Gasteiger partial charge on any atom is -0.489 e. The fraction of sp³-hybridized carbons (Fsp3) is 0.368. The fourth-order valence-electron chi connectivity index (χ4n) is 12.9. The van der Waals surface area contributed by atoms with Gasteiger partial charge < -0.3 is 18.9 Å². The summed E-state index contributed by atoms with van der Waals surface area (Å²) in [5, 5.41) is 3.70. The first kappa shape index (κ1) is 45.4. The number of fused-ring (bicyclic) bond motifs is 4. The van der Waals surface area contributed by atoms with Crippen molar-refractivity contribution < 1.29 is 38.1 Å². The molecule has 7 aromatic rings. The van der Waals surface area contributed by atoms with E-state index < -0.39 is 23.6 Å². The summed E-state index contributed by atoms with van der Waals surface area (Å²) >= 11 is 29.4. The lowest BCUT2D eigenvalue weighted by molar-refractivity contribution is 0.0877. The minimum atomic E-state index is -0.588. The van der Waals surface area contributed by atoms with Crippen molar-refractivity contribution in [2.45, 2.75) is 78.6 Å². The maximum atomic E-state index is 15.0. The van der Waals surface area contributed by atoms with Crippen LogP contribution in [-0.4, -0.2) is 50.1 Å². The van der Waals surface area contributed by atoms with Gasteiger partial charge in [0.2, 0.25) is 0 Å². The van der Waals surface area contributed by atoms with Crippen molar-refractivity contribution in [1.82, 2.24) is 0 Å². The second-order valence-electron chi connectivity index (χ2n) is 20.9. The highest BCUT2D eigenvalue weighted by molar-refractivity contribution is 6.57. The maximum absolute atomic E-state index is 15.0. The first-order chi connectivity index (χ1) is 34.3. The van der Waals surface area contributed by atoms with Crippen LogP contribution in [0.4, 0.5) is 11.4 Å². The Morgan fingerprint density at radius 3 is 1.07 bits per heavy atom. The van der Waals surface area contributed by atoms with Gasteiger partial charge in [0, 0.05) is 87.1 Å². The normalized spacial score (nSPS) is 22.6. The third kappa shape index (κ3) is 6.79. The smallest absolute Gasteiger partial charge is 0.266 e. The van der Waals surface area contributed by atoms with Gasteiger partial charge in [-0.2, -0.15) is 0 Å². The number of ether oxygens (including phenoxy) is 4. The number of aryl methyl sites for hydroxylation is 2. The molecule has 4 aliphatic heterocycles. The van der Waals surface area contributed by atoms with E-state index in [-0.39, 0.29) is 54.2 Å². The molecule has 6 aliphatic rings. The van der Waals surface area contributed by atoms with Gasteiger partial charge in [-0.15, -0.1) is 0 Å². The van der Waals surface area contributed by atoms with Gasteiger partial charge in [-0.05, 0) is 105 Å². The number of halogens is 4. The first-order valence-electron chi connectivity index (χ1n) is 24.8. The molecule has 2 saturated carbocycles. The summed E-state index contributed by atoms with van der Waals surface area (Å²) in [5.41, 5.74) is 2.69. The molecular weight excluding hydrogens is 982 g/mol. The Bertz CT molecular complexity index is 3410. The van der Waals surface area contributed by atoms with E-state index in [0.29, 0.717) is 127 Å². The van der Waals surface area contributed by atoms with E-state index in [1.54, 1.807) is 36.4 Å². The van der Waals surface area contributed by atoms with Crippen molar-refractivity contribution in [3.8, 4) is 23.0 Å². The van der Waals surface area contributed by atoms with E-state index in [9.17, 15) is 19.2 Å². The van der Waals surface area contributed by atoms with Crippen LogP contribution in [0.25, 0.3) is 43.1 Å². The van der Waals surface area contributed by atoms with E-state index in [0.717, 1.165) is 41.4 Å². The lowest BCUT2D eigenvalue weighted by Gasteiger charge is -2.32. The van der Waals surface area contributed by atoms with Crippen LogP contribution in [-0.2, 0) is 0 Å². The average molecular weight is 1030 g/mol. The predicted octanol–water partition coefficient (Wildman–Crippen LogP) is 14.8. The molecule has 0 saturated heterocycles. The lowest BCUT2D eigenvalue weighted by atomic mass is 9.77. The molecular formula is C57H48Cl4N2O8. The quantitative estimate of drug-likeness (QED) is 0.0973. The van der Waals surface area contributed by atoms with Gasteiger partial charge in [0.1, 0.15) is 0 Å². The third-order valence-electron chi connectivity index (χ3n) is 16.7. The van der Waals surface area contributed by atoms with Gasteiger partial charge in [0.25, 0.3) is 23.6 Å². The van der Waals surface area contributed by atoms with Crippen molar-refractivity contribution in [3.05, 3.63) is 102 Å². The minimum absolute atomic E-state index is 0.149. The van der Waals surface area contributed by atoms with Gasteiger partial charge in [0.05, 0.1) is 60.1 Å². The van der Waals surface area contributed by atoms with Gasteiger partial charge in [-0.3, -0.25) is 19.2 Å². The molecule has 362 valence electrons. The summed E-state index contributed by atoms with van der Waals surface area (Å²) in [6.45, 7) is 7.98. The zero-order valence-electron chi connectivity index (χ0n) is 39.4. The molecule has 2 fully saturated rings. The maximum Gasteiger partial charge on any atom is 0.266 e. The molecule has 0 spiro atoms. The summed E-state index contributed by atoms with van der Waals surface area (Å²) < 4.78 is 25.5. The van der Waals surface area contributed by atoms with Crippen LogP contribution >= 0.6 is 46.4 Å². The van der Waals surface area contributed by atoms with Crippen molar-refractivity contribution >= 4 is 124 Å². The van der Waals surface area contributed by atoms with Crippen LogP contribution in [0, 0.1) is 43.4 Å². The molecule has 13 rings (SSSR count). The Labute approximate surface area is 429 Å². The summed E-state index contributed by atoms with van der Waals surface area (Å²) in [5.74, 6) is 1.92. The van der Waals surface area contributed by atoms with E-state index in [4.69, 9.17) is 65.4 Å². The highest BCUT2D eigenvalue weighted by Gasteiger charge is 2.42. The Morgan fingerprint density at radius 2 is 0.718 bits per heavy atom. The zero-order chi connectivity index (χ0) is 48.9. The van der Waals surface area contributed by atoms with Gasteiger partial charge in [0.15, 0.2) is 23.0 Å². The van der Waals surface area contributed by atoms with Crippen molar-refractivity contribution in [3.63, 3.8) is 0 Å². The van der Waals surface area contributed by atoms with Gasteiger partial charge in [-0.25, -0.2) is 9.80 Å². The van der Waals surface area contributed by atoms with Crippen molar-refractivity contribution in [2.24, 2.45) is 29.6 Å². The monoisotopic (exact) mass is 1030 g/mol. The summed E-state index contributed by atoms with van der Waals surface area (Å²) in [7, 11) is 0. The highest BCUT2D eigenvalue weighted by atomic mass is 35.5. The van der Waals surface area contributed by atoms with E-state index in [1.165, 1.54) is 32.1 Å². The molecule has 10 nitrogen and oxygen atoms in total. The topological polar surface area (TPSA) is 112 Å². The molecule has 2 aliphatic carbocycles. The lowest BCUT2D eigenvalue weighted by Crippen LogP contribution is -2.41. The number of hydrogen-bond donors (Lipinski definition) is 0. The van der Waals surface area contributed by atoms with Crippen LogP contribution in [0.15, 0.2) is 48.5 Å². The molecule has 2 unspecified atom stereocenters. The highest BCUT2D eigenvalue weighted by Crippen LogP contribution is 2.55. The molecule has 7 aromatic carbocycles. The molecule has 0 bridgehead atoms. The average Bonchev–Trinajstić information content (AvgIpc) is 3.70. The number of benzene rings is 7. The number of imide groups is 2. The molecule has 0 N–H and O–H groups in total. The van der Waals surface area contributed by atoms with E-state index in [2.05, 4.69) is 6.92 Å². The second-order valence-corrected chi connectivity index (χ2v) is 22.5. The van der Waals surface area contributed by atoms with Crippen LogP contribution in [0.2, 0.25) is 20.1 Å². The van der Waals surface area contributed by atoms with Gasteiger partial charge >= 0.3 is 0 Å². The molecule has 4 heterocycles. The Balaban J connectivity index is 0.907. The number of anilines is 2. The predicted molar refractivity (Wildman–Crippen MR) is 279 cm³/mol. The number of amides is 4. The number of nitrogens with zero attached hydrogens (tertiary/aromatic N) is 2. The zero-order valence-corrected chi connectivity index (χ0v) is 42.4. The molecule has 0 aromatic heterocycles. The third-order valence-corrected chi connectivity index (χ3v) is 17.9. The van der Waals surface area contributed by atoms with Crippen molar-refractivity contribution in [1.29, 1.82) is 0 Å². The van der Waals surface area contributed by atoms with Gasteiger partial charge in [-0.1, -0.05) is 85.4 Å². The molecule has 71 heavy (non-hydrogen) atoms. The Morgan fingerprint density at radius 1 is 0.394 bits per heavy atom. The van der Waals surface area contributed by atoms with E-state index in [1.807, 2.05) is 26.0 Å². The van der Waals surface area contributed by atoms with Crippen LogP contribution in [0.3, 0.4) is 0 Å². The van der Waals surface area contributed by atoms with Crippen LogP contribution in [0.1, 0.15) is 117 Å². The van der Waals surface area contributed by atoms with Crippen LogP contribution in [0.5, 0.6) is 23.0 Å². The fourth-order valence-corrected chi connectivity index (χ4v) is 14.1. The summed E-state index contributed by atoms with van der Waals surface area (Å²) in [4.78, 5) is 62.2. The summed E-state index contributed by atoms with van der Waals surface area (Å²) in [6.07, 6.45) is 10.6. The summed E-state index contributed by atoms with van der Waals surface area (Å²) in [6, 6.07) is 13.3. The van der Waals surface area contributed by atoms with Crippen molar-refractivity contribution in [2.75, 3.05) is 36.2 Å². The Hall–Kier alpha value is -5.52. The SMILES string of the molecule is Cc1cc2c(cc1N1C(=O)c3cc(Cl)c4c5c(Cl)cc6c7c(cc(Cl)c(c8c(Cl)cc(c3c48)C1=O)c75)C(=O)N(c1cc3c(cc1C)OCC(C1CCC(C)CC1)CO3)C6=O)OCC(C1CCCCC1)CO2. The number of carbonyl (C=O) groups is 4. The van der Waals surface area contributed by atoms with E-state index >= 15 is 0 Å². The molecule has 4 amide bonds. The molecule has 14 heteroatoms. The molecule has 0 radical (unpaired) electrons. The standard InChI is InChI=1S/C57H48Cl4N2O8/c1-25-9-11-29(12-10-25)31-23-69-43-14-27(3)41(20-45(43)71-24-31)63-56(66)34-17-38(60)50-48-36(58)15-32-46-33(16-37(59)49(52(46)48)51-39(61)18-35(57(63)67)47(34)53(50)51)55(65)62(54(32)64)40-19-44-42(13-26(40)2)68-21-30(22-70-44)28-7-5-4-6-8-28/h13-20,25,28-31H,4-12,21-24H2,1-3H3. The number of carbonyl (C=O) groups excluding carboxylic acids is 4. The molecule has 2 atom stereocenters. The van der Waals surface area contributed by atoms with Crippen LogP contribution < -0.4 is 28.7 Å².